The van der Waals surface area contributed by atoms with Gasteiger partial charge in [0.05, 0.1) is 13.3 Å². The molecule has 0 unspecified atom stereocenters. The lowest BCUT2D eigenvalue weighted by atomic mass is 10.0. The zero-order chi connectivity index (χ0) is 16.8. The van der Waals surface area contributed by atoms with Crippen molar-refractivity contribution in [3.05, 3.63) is 11.9 Å². The summed E-state index contributed by atoms with van der Waals surface area (Å²) in [5.41, 5.74) is 0.515. The minimum atomic E-state index is -0.505. The standard InChI is InChI=1S/C15H24N4O4/c1-4-18-8-6-5-7-13(18)15(21)23-11(2)12-9-19(17-16-12)10-14(20)22-3/h9,11,13H,4-8,10H2,1-3H3/t11-,13-/m1/s1. The van der Waals surface area contributed by atoms with Crippen molar-refractivity contribution >= 4 is 11.9 Å². The maximum absolute atomic E-state index is 12.4. The van der Waals surface area contributed by atoms with Crippen LogP contribution in [0.3, 0.4) is 0 Å². The van der Waals surface area contributed by atoms with Gasteiger partial charge < -0.3 is 9.47 Å². The number of carbonyl (C=O) groups excluding carboxylic acids is 2. The fraction of sp³-hybridized carbons (Fsp3) is 0.733. The number of nitrogens with zero attached hydrogens (tertiary/aromatic N) is 4. The van der Waals surface area contributed by atoms with Crippen LogP contribution in [0.25, 0.3) is 0 Å². The summed E-state index contributed by atoms with van der Waals surface area (Å²) in [6.45, 7) is 5.55. The number of hydrogen-bond acceptors (Lipinski definition) is 7. The third kappa shape index (κ3) is 4.51. The van der Waals surface area contributed by atoms with Crippen molar-refractivity contribution in [3.63, 3.8) is 0 Å². The van der Waals surface area contributed by atoms with E-state index in [1.165, 1.54) is 11.8 Å². The average molecular weight is 324 g/mol. The SMILES string of the molecule is CCN1CCCC[C@@H]1C(=O)O[C@H](C)c1cn(CC(=O)OC)nn1. The highest BCUT2D eigenvalue weighted by Crippen LogP contribution is 2.21. The topological polar surface area (TPSA) is 86.5 Å². The van der Waals surface area contributed by atoms with Crippen LogP contribution in [0.1, 0.15) is 44.9 Å². The number of ether oxygens (including phenoxy) is 2. The van der Waals surface area contributed by atoms with Gasteiger partial charge in [0.1, 0.15) is 24.4 Å². The van der Waals surface area contributed by atoms with E-state index in [1.54, 1.807) is 13.1 Å². The Morgan fingerprint density at radius 3 is 2.91 bits per heavy atom. The minimum absolute atomic E-state index is 0.0175. The van der Waals surface area contributed by atoms with Crippen LogP contribution in [0.4, 0.5) is 0 Å². The Labute approximate surface area is 135 Å². The highest BCUT2D eigenvalue weighted by molar-refractivity contribution is 5.76. The van der Waals surface area contributed by atoms with E-state index in [4.69, 9.17) is 4.74 Å². The zero-order valence-corrected chi connectivity index (χ0v) is 13.9. The number of piperidine rings is 1. The predicted octanol–water partition coefficient (Wildman–Crippen LogP) is 0.930. The minimum Gasteiger partial charge on any atom is -0.468 e. The molecule has 0 bridgehead atoms. The predicted molar refractivity (Wildman–Crippen MR) is 81.4 cm³/mol. The largest absolute Gasteiger partial charge is 0.468 e. The number of carbonyl (C=O) groups is 2. The van der Waals surface area contributed by atoms with E-state index in [-0.39, 0.29) is 18.6 Å². The highest BCUT2D eigenvalue weighted by Gasteiger charge is 2.30. The lowest BCUT2D eigenvalue weighted by Crippen LogP contribution is -2.45. The van der Waals surface area contributed by atoms with Crippen LogP contribution in [-0.4, -0.2) is 58.1 Å². The summed E-state index contributed by atoms with van der Waals surface area (Å²) in [4.78, 5) is 25.7. The van der Waals surface area contributed by atoms with Crippen molar-refractivity contribution in [1.82, 2.24) is 19.9 Å². The van der Waals surface area contributed by atoms with E-state index >= 15 is 0 Å². The van der Waals surface area contributed by atoms with E-state index in [0.717, 1.165) is 32.4 Å². The van der Waals surface area contributed by atoms with Crippen molar-refractivity contribution in [3.8, 4) is 0 Å². The number of methoxy groups -OCH3 is 1. The molecule has 0 amide bonds. The van der Waals surface area contributed by atoms with Gasteiger partial charge in [-0.2, -0.15) is 0 Å². The average Bonchev–Trinajstić information content (AvgIpc) is 3.03. The first-order chi connectivity index (χ1) is 11.0. The number of aromatic nitrogens is 3. The number of esters is 2. The van der Waals surface area contributed by atoms with Gasteiger partial charge in [-0.05, 0) is 32.9 Å². The molecule has 0 radical (unpaired) electrons. The lowest BCUT2D eigenvalue weighted by molar-refractivity contribution is -0.156. The summed E-state index contributed by atoms with van der Waals surface area (Å²) in [6.07, 6.45) is 4.08. The lowest BCUT2D eigenvalue weighted by Gasteiger charge is -2.33. The Balaban J connectivity index is 1.94. The molecule has 1 aromatic rings. The van der Waals surface area contributed by atoms with Crippen LogP contribution >= 0.6 is 0 Å². The summed E-state index contributed by atoms with van der Waals surface area (Å²) in [7, 11) is 1.31. The van der Waals surface area contributed by atoms with Crippen LogP contribution in [0, 0.1) is 0 Å². The molecule has 2 heterocycles. The Morgan fingerprint density at radius 1 is 1.43 bits per heavy atom. The van der Waals surface area contributed by atoms with Gasteiger partial charge in [-0.15, -0.1) is 5.10 Å². The molecule has 1 fully saturated rings. The van der Waals surface area contributed by atoms with E-state index in [9.17, 15) is 9.59 Å². The Bertz CT molecular complexity index is 545. The van der Waals surface area contributed by atoms with Gasteiger partial charge in [0.15, 0.2) is 0 Å². The second-order valence-electron chi connectivity index (χ2n) is 5.64. The van der Waals surface area contributed by atoms with Gasteiger partial charge in [-0.1, -0.05) is 18.6 Å². The van der Waals surface area contributed by atoms with Gasteiger partial charge in [-0.25, -0.2) is 4.68 Å². The van der Waals surface area contributed by atoms with Crippen molar-refractivity contribution < 1.29 is 19.1 Å². The summed E-state index contributed by atoms with van der Waals surface area (Å²) < 4.78 is 11.5. The molecular weight excluding hydrogens is 300 g/mol. The molecule has 1 aromatic heterocycles. The maximum Gasteiger partial charge on any atom is 0.327 e. The van der Waals surface area contributed by atoms with Gasteiger partial charge in [0, 0.05) is 0 Å². The fourth-order valence-corrected chi connectivity index (χ4v) is 2.72. The molecule has 0 N–H and O–H groups in total. The number of likely N-dealkylation sites (tertiary alicyclic amines) is 1. The Morgan fingerprint density at radius 2 is 2.22 bits per heavy atom. The van der Waals surface area contributed by atoms with Crippen molar-refractivity contribution in [2.24, 2.45) is 0 Å². The van der Waals surface area contributed by atoms with Gasteiger partial charge in [-0.3, -0.25) is 14.5 Å². The van der Waals surface area contributed by atoms with Gasteiger partial charge >= 0.3 is 11.9 Å². The summed E-state index contributed by atoms with van der Waals surface area (Å²) in [5.74, 6) is -0.631. The molecule has 1 aliphatic rings. The summed E-state index contributed by atoms with van der Waals surface area (Å²) in [5, 5.41) is 7.80. The third-order valence-electron chi connectivity index (χ3n) is 4.08. The molecule has 0 spiro atoms. The molecule has 2 atom stereocenters. The third-order valence-corrected chi connectivity index (χ3v) is 4.08. The first-order valence-corrected chi connectivity index (χ1v) is 7.96. The van der Waals surface area contributed by atoms with Gasteiger partial charge in [0.25, 0.3) is 0 Å². The summed E-state index contributed by atoms with van der Waals surface area (Å²) in [6, 6.07) is -0.179. The molecule has 0 aliphatic carbocycles. The molecule has 1 saturated heterocycles. The number of hydrogen-bond donors (Lipinski definition) is 0. The van der Waals surface area contributed by atoms with E-state index in [2.05, 4.69) is 19.9 Å². The van der Waals surface area contributed by atoms with Crippen LogP contribution in [-0.2, 0) is 25.6 Å². The molecule has 2 rings (SSSR count). The summed E-state index contributed by atoms with van der Waals surface area (Å²) >= 11 is 0. The van der Waals surface area contributed by atoms with Gasteiger partial charge in [0.2, 0.25) is 0 Å². The second-order valence-corrected chi connectivity index (χ2v) is 5.64. The van der Waals surface area contributed by atoms with Crippen molar-refractivity contribution in [2.75, 3.05) is 20.2 Å². The van der Waals surface area contributed by atoms with Crippen molar-refractivity contribution in [2.45, 2.75) is 51.8 Å². The molecule has 1 aliphatic heterocycles. The normalized spacial score (nSPS) is 20.0. The quantitative estimate of drug-likeness (QED) is 0.719. The monoisotopic (exact) mass is 324 g/mol. The Hall–Kier alpha value is -1.96. The van der Waals surface area contributed by atoms with E-state index in [0.29, 0.717) is 5.69 Å². The van der Waals surface area contributed by atoms with Crippen LogP contribution in [0.15, 0.2) is 6.20 Å². The van der Waals surface area contributed by atoms with Crippen molar-refractivity contribution in [1.29, 1.82) is 0 Å². The molecule has 8 nitrogen and oxygen atoms in total. The molecule has 128 valence electrons. The smallest absolute Gasteiger partial charge is 0.327 e. The second kappa shape index (κ2) is 8.05. The molecule has 0 aromatic carbocycles. The number of rotatable bonds is 6. The van der Waals surface area contributed by atoms with E-state index < -0.39 is 12.1 Å². The first kappa shape index (κ1) is 17.4. The molecular formula is C15H24N4O4. The van der Waals surface area contributed by atoms with Crippen LogP contribution < -0.4 is 0 Å². The van der Waals surface area contributed by atoms with Crippen LogP contribution in [0.5, 0.6) is 0 Å². The molecule has 0 saturated carbocycles. The zero-order valence-electron chi connectivity index (χ0n) is 13.9. The number of likely N-dealkylation sites (N-methyl/N-ethyl adjacent to an activating group) is 1. The Kier molecular flexibility index (Phi) is 6.09. The maximum atomic E-state index is 12.4. The first-order valence-electron chi connectivity index (χ1n) is 7.96. The van der Waals surface area contributed by atoms with E-state index in [1.807, 2.05) is 6.92 Å². The highest BCUT2D eigenvalue weighted by atomic mass is 16.5. The molecule has 23 heavy (non-hydrogen) atoms. The molecule has 8 heteroatoms. The van der Waals surface area contributed by atoms with Crippen LogP contribution in [0.2, 0.25) is 0 Å². The fourth-order valence-electron chi connectivity index (χ4n) is 2.72.